The number of aliphatic hydroxyl groups is 4. The Labute approximate surface area is 188 Å². The molecule has 0 saturated carbocycles. The van der Waals surface area contributed by atoms with Crippen LogP contribution in [0.2, 0.25) is 0 Å². The highest BCUT2D eigenvalue weighted by Gasteiger charge is 2.49. The van der Waals surface area contributed by atoms with Crippen molar-refractivity contribution < 1.29 is 49.0 Å². The minimum Gasteiger partial charge on any atom is -0.447 e. The molecule has 0 bridgehead atoms. The Balaban J connectivity index is 2.62. The molecule has 0 aliphatic carbocycles. The first kappa shape index (κ1) is 28.5. The number of methoxy groups -OCH3 is 1. The fourth-order valence-electron chi connectivity index (χ4n) is 3.23. The van der Waals surface area contributed by atoms with Crippen molar-refractivity contribution in [1.82, 2.24) is 10.6 Å². The Morgan fingerprint density at radius 2 is 1.84 bits per heavy atom. The molecule has 12 nitrogen and oxygen atoms in total. The Bertz CT molecular complexity index is 579. The highest BCUT2D eigenvalue weighted by Crippen LogP contribution is 2.36. The van der Waals surface area contributed by atoms with Crippen LogP contribution in [0, 0.1) is 5.92 Å². The maximum Gasteiger partial charge on any atom is 0.407 e. The Hall–Kier alpha value is -1.54. The summed E-state index contributed by atoms with van der Waals surface area (Å²) in [6.45, 7) is 5.32. The molecular weight excluding hydrogens is 428 g/mol. The zero-order valence-corrected chi connectivity index (χ0v) is 19.2. The first-order valence-corrected chi connectivity index (χ1v) is 10.6. The minimum atomic E-state index is -1.56. The van der Waals surface area contributed by atoms with Gasteiger partial charge in [-0.1, -0.05) is 13.8 Å². The lowest BCUT2D eigenvalue weighted by Gasteiger charge is -2.49. The molecule has 6 N–H and O–H groups in total. The van der Waals surface area contributed by atoms with Gasteiger partial charge in [0.2, 0.25) is 5.91 Å². The van der Waals surface area contributed by atoms with E-state index in [0.29, 0.717) is 13.2 Å². The van der Waals surface area contributed by atoms with Crippen molar-refractivity contribution in [3.05, 3.63) is 0 Å². The average Bonchev–Trinajstić information content (AvgIpc) is 2.75. The van der Waals surface area contributed by atoms with Crippen LogP contribution in [0.15, 0.2) is 0 Å². The van der Waals surface area contributed by atoms with Crippen LogP contribution in [0.1, 0.15) is 27.2 Å². The molecule has 1 heterocycles. The van der Waals surface area contributed by atoms with Gasteiger partial charge in [-0.3, -0.25) is 4.79 Å². The molecule has 12 heteroatoms. The number of nitrogens with one attached hydrogen (secondary N) is 2. The van der Waals surface area contributed by atoms with Crippen LogP contribution in [0.5, 0.6) is 0 Å². The number of rotatable bonds is 13. The van der Waals surface area contributed by atoms with E-state index in [2.05, 4.69) is 10.6 Å². The minimum absolute atomic E-state index is 0.00650. The summed E-state index contributed by atoms with van der Waals surface area (Å²) < 4.78 is 20.8. The maximum atomic E-state index is 12.3. The van der Waals surface area contributed by atoms with Gasteiger partial charge in [0.05, 0.1) is 44.2 Å². The summed E-state index contributed by atoms with van der Waals surface area (Å²) in [5, 5.41) is 45.0. The molecule has 0 aromatic carbocycles. The second kappa shape index (κ2) is 13.9. The van der Waals surface area contributed by atoms with E-state index in [-0.39, 0.29) is 25.6 Å². The smallest absolute Gasteiger partial charge is 0.407 e. The maximum absolute atomic E-state index is 12.3. The molecule has 1 saturated heterocycles. The van der Waals surface area contributed by atoms with Crippen molar-refractivity contribution in [2.45, 2.75) is 63.3 Å². The first-order valence-electron chi connectivity index (χ1n) is 10.6. The van der Waals surface area contributed by atoms with Crippen LogP contribution in [0.4, 0.5) is 4.79 Å². The van der Waals surface area contributed by atoms with Crippen molar-refractivity contribution in [2.24, 2.45) is 5.92 Å². The van der Waals surface area contributed by atoms with Gasteiger partial charge in [0.1, 0.15) is 31.5 Å². The van der Waals surface area contributed by atoms with E-state index < -0.39 is 61.2 Å². The predicted molar refractivity (Wildman–Crippen MR) is 112 cm³/mol. The summed E-state index contributed by atoms with van der Waals surface area (Å²) in [5.41, 5.74) is -0.825. The third-order valence-corrected chi connectivity index (χ3v) is 5.54. The molecule has 0 aromatic heterocycles. The monoisotopic (exact) mass is 466 g/mol. The number of hydrogen-bond acceptors (Lipinski definition) is 10. The van der Waals surface area contributed by atoms with Crippen LogP contribution >= 0.6 is 0 Å². The van der Waals surface area contributed by atoms with Gasteiger partial charge in [-0.05, 0) is 12.8 Å². The van der Waals surface area contributed by atoms with Crippen LogP contribution in [0.25, 0.3) is 0 Å². The van der Waals surface area contributed by atoms with E-state index in [1.165, 1.54) is 7.11 Å². The molecule has 0 spiro atoms. The number of ether oxygens (including phenoxy) is 4. The summed E-state index contributed by atoms with van der Waals surface area (Å²) in [4.78, 5) is 24.0. The molecule has 1 fully saturated rings. The lowest BCUT2D eigenvalue weighted by molar-refractivity contribution is -0.228. The van der Waals surface area contributed by atoms with Gasteiger partial charge in [-0.25, -0.2) is 4.79 Å². The van der Waals surface area contributed by atoms with E-state index in [1.807, 2.05) is 13.8 Å². The first-order chi connectivity index (χ1) is 15.1. The van der Waals surface area contributed by atoms with Crippen molar-refractivity contribution in [1.29, 1.82) is 0 Å². The van der Waals surface area contributed by atoms with Gasteiger partial charge >= 0.3 is 6.09 Å². The molecule has 6 atom stereocenters. The van der Waals surface area contributed by atoms with E-state index in [1.54, 1.807) is 6.92 Å². The number of carbonyl (C=O) groups is 2. The molecule has 1 aliphatic rings. The van der Waals surface area contributed by atoms with E-state index in [9.17, 15) is 30.0 Å². The zero-order chi connectivity index (χ0) is 24.3. The zero-order valence-electron chi connectivity index (χ0n) is 19.2. The molecule has 188 valence electrons. The highest BCUT2D eigenvalue weighted by molar-refractivity contribution is 5.82. The Kier molecular flexibility index (Phi) is 12.4. The lowest BCUT2D eigenvalue weighted by atomic mass is 9.79. The van der Waals surface area contributed by atoms with Crippen LogP contribution in [0.3, 0.4) is 0 Å². The van der Waals surface area contributed by atoms with Crippen molar-refractivity contribution in [3.63, 3.8) is 0 Å². The predicted octanol–water partition coefficient (Wildman–Crippen LogP) is -1.86. The van der Waals surface area contributed by atoms with Crippen molar-refractivity contribution in [3.8, 4) is 0 Å². The van der Waals surface area contributed by atoms with Gasteiger partial charge < -0.3 is 50.0 Å². The molecule has 2 amide bonds. The van der Waals surface area contributed by atoms with Gasteiger partial charge in [-0.15, -0.1) is 0 Å². The van der Waals surface area contributed by atoms with Gasteiger partial charge in [0.15, 0.2) is 0 Å². The largest absolute Gasteiger partial charge is 0.447 e. The molecule has 4 unspecified atom stereocenters. The number of alkyl carbamates (subject to hydrolysis) is 1. The second-order valence-electron chi connectivity index (χ2n) is 8.25. The van der Waals surface area contributed by atoms with Crippen molar-refractivity contribution in [2.75, 3.05) is 46.7 Å². The van der Waals surface area contributed by atoms with Gasteiger partial charge in [0, 0.05) is 13.5 Å². The Morgan fingerprint density at radius 1 is 1.19 bits per heavy atom. The van der Waals surface area contributed by atoms with E-state index in [0.717, 1.165) is 0 Å². The number of amides is 2. The highest BCUT2D eigenvalue weighted by atomic mass is 16.6. The van der Waals surface area contributed by atoms with E-state index >= 15 is 0 Å². The summed E-state index contributed by atoms with van der Waals surface area (Å²) in [7, 11) is 1.54. The van der Waals surface area contributed by atoms with Crippen molar-refractivity contribution >= 4 is 12.0 Å². The van der Waals surface area contributed by atoms with E-state index in [4.69, 9.17) is 18.9 Å². The molecular formula is C20H38N2O10. The van der Waals surface area contributed by atoms with Gasteiger partial charge in [-0.2, -0.15) is 0 Å². The van der Waals surface area contributed by atoms with Crippen LogP contribution in [-0.4, -0.2) is 115 Å². The lowest BCUT2D eigenvalue weighted by Crippen LogP contribution is -2.66. The van der Waals surface area contributed by atoms with Gasteiger partial charge in [0.25, 0.3) is 0 Å². The SMILES string of the molecule is COCCOCCOC(=O)NCC(=O)NC1C(O)CC(C)(C(C)C)OC1[C@H](O)[C@H](O)CO. The molecule has 1 aliphatic heterocycles. The van der Waals surface area contributed by atoms with Crippen LogP contribution < -0.4 is 10.6 Å². The molecule has 32 heavy (non-hydrogen) atoms. The molecule has 0 radical (unpaired) electrons. The third-order valence-electron chi connectivity index (χ3n) is 5.54. The molecule has 0 aromatic rings. The third kappa shape index (κ3) is 8.77. The quantitative estimate of drug-likeness (QED) is 0.169. The fraction of sp³-hybridized carbons (Fsp3) is 0.900. The normalized spacial score (nSPS) is 27.6. The number of carbonyl (C=O) groups excluding carboxylic acids is 2. The fourth-order valence-corrected chi connectivity index (χ4v) is 3.23. The summed E-state index contributed by atoms with van der Waals surface area (Å²) >= 11 is 0. The second-order valence-corrected chi connectivity index (χ2v) is 8.25. The summed E-state index contributed by atoms with van der Waals surface area (Å²) in [5.74, 6) is -0.695. The number of hydrogen-bond donors (Lipinski definition) is 6. The summed E-state index contributed by atoms with van der Waals surface area (Å²) in [6.07, 6.45) is -6.02. The number of aliphatic hydroxyl groups excluding tert-OH is 4. The average molecular weight is 467 g/mol. The van der Waals surface area contributed by atoms with Crippen LogP contribution in [-0.2, 0) is 23.7 Å². The Morgan fingerprint density at radius 3 is 2.44 bits per heavy atom. The summed E-state index contributed by atoms with van der Waals surface area (Å²) in [6, 6.07) is -1.07. The standard InChI is InChI=1S/C20H38N2O10/c1-12(2)20(3)9-13(24)16(18(32-20)17(27)14(25)11-23)22-15(26)10-21-19(28)31-8-7-30-6-5-29-4/h12-14,16-18,23-25,27H,5-11H2,1-4H3,(H,21,28)(H,22,26)/t13?,14-,16?,17-,18?,20?/m1/s1. The topological polar surface area (TPSA) is 176 Å². The molecule has 1 rings (SSSR count).